The summed E-state index contributed by atoms with van der Waals surface area (Å²) in [6, 6.07) is 8.70. The second-order valence-corrected chi connectivity index (χ2v) is 6.52. The third-order valence-electron chi connectivity index (χ3n) is 4.95. The van der Waals surface area contributed by atoms with E-state index in [9.17, 15) is 0 Å². The summed E-state index contributed by atoms with van der Waals surface area (Å²) in [5.74, 6) is 1.90. The molecule has 0 saturated carbocycles. The van der Waals surface area contributed by atoms with Crippen LogP contribution in [-0.4, -0.2) is 74.8 Å². The minimum absolute atomic E-state index is 0.610. The lowest BCUT2D eigenvalue weighted by atomic mass is 10.2. The molecule has 1 unspecified atom stereocenters. The highest BCUT2D eigenvalue weighted by atomic mass is 16.5. The Morgan fingerprint density at radius 2 is 2.08 bits per heavy atom. The van der Waals surface area contributed by atoms with Crippen molar-refractivity contribution in [2.45, 2.75) is 25.9 Å². The van der Waals surface area contributed by atoms with Gasteiger partial charge in [0, 0.05) is 44.3 Å². The maximum Gasteiger partial charge on any atom is 0.194 e. The van der Waals surface area contributed by atoms with E-state index < -0.39 is 0 Å². The first-order valence-corrected chi connectivity index (χ1v) is 9.28. The van der Waals surface area contributed by atoms with Crippen molar-refractivity contribution in [1.82, 2.24) is 15.1 Å². The third kappa shape index (κ3) is 4.64. The van der Waals surface area contributed by atoms with E-state index in [4.69, 9.17) is 14.5 Å². The predicted octanol–water partition coefficient (Wildman–Crippen LogP) is 1.57. The molecule has 2 saturated heterocycles. The molecule has 1 aromatic rings. The summed E-state index contributed by atoms with van der Waals surface area (Å²) in [5, 5.41) is 3.45. The van der Waals surface area contributed by atoms with E-state index in [2.05, 4.69) is 28.1 Å². The molecule has 2 aliphatic rings. The Labute approximate surface area is 150 Å². The van der Waals surface area contributed by atoms with Crippen molar-refractivity contribution in [2.24, 2.45) is 4.99 Å². The largest absolute Gasteiger partial charge is 0.496 e. The number of morpholine rings is 1. The smallest absolute Gasteiger partial charge is 0.194 e. The molecule has 0 amide bonds. The minimum atomic E-state index is 0.610. The molecule has 2 fully saturated rings. The minimum Gasteiger partial charge on any atom is -0.496 e. The molecule has 1 N–H and O–H groups in total. The second-order valence-electron chi connectivity index (χ2n) is 6.52. The van der Waals surface area contributed by atoms with Crippen LogP contribution in [0.1, 0.15) is 18.9 Å². The summed E-state index contributed by atoms with van der Waals surface area (Å²) in [6.07, 6.45) is 1.19. The fourth-order valence-electron chi connectivity index (χ4n) is 3.59. The Morgan fingerprint density at radius 3 is 2.84 bits per heavy atom. The molecule has 0 aliphatic carbocycles. The SMILES string of the molecule is CCNC(=NCc1ccccc1OC)N1CCC(N2CCOCC2)C1. The van der Waals surface area contributed by atoms with E-state index in [1.165, 1.54) is 6.42 Å². The summed E-state index contributed by atoms with van der Waals surface area (Å²) in [4.78, 5) is 9.81. The van der Waals surface area contributed by atoms with Crippen LogP contribution in [0.15, 0.2) is 29.3 Å². The molecule has 1 aromatic carbocycles. The maximum absolute atomic E-state index is 5.48. The fourth-order valence-corrected chi connectivity index (χ4v) is 3.59. The average Bonchev–Trinajstić information content (AvgIpc) is 3.16. The van der Waals surface area contributed by atoms with Crippen LogP contribution in [-0.2, 0) is 11.3 Å². The lowest BCUT2D eigenvalue weighted by Gasteiger charge is -2.32. The molecule has 2 heterocycles. The number of rotatable bonds is 5. The van der Waals surface area contributed by atoms with Gasteiger partial charge in [-0.1, -0.05) is 18.2 Å². The molecule has 25 heavy (non-hydrogen) atoms. The summed E-state index contributed by atoms with van der Waals surface area (Å²) in [7, 11) is 1.71. The van der Waals surface area contributed by atoms with Crippen molar-refractivity contribution in [1.29, 1.82) is 0 Å². The molecule has 0 bridgehead atoms. The summed E-state index contributed by atoms with van der Waals surface area (Å²) in [5.41, 5.74) is 1.12. The number of nitrogens with zero attached hydrogens (tertiary/aromatic N) is 3. The van der Waals surface area contributed by atoms with Crippen LogP contribution in [0.2, 0.25) is 0 Å². The van der Waals surface area contributed by atoms with E-state index in [-0.39, 0.29) is 0 Å². The van der Waals surface area contributed by atoms with Crippen LogP contribution in [0.3, 0.4) is 0 Å². The number of methoxy groups -OCH3 is 1. The molecular weight excluding hydrogens is 316 g/mol. The molecular formula is C19H30N4O2. The third-order valence-corrected chi connectivity index (χ3v) is 4.95. The molecule has 0 radical (unpaired) electrons. The Morgan fingerprint density at radius 1 is 1.28 bits per heavy atom. The van der Waals surface area contributed by atoms with Gasteiger partial charge in [0.05, 0.1) is 26.9 Å². The summed E-state index contributed by atoms with van der Waals surface area (Å²) >= 11 is 0. The van der Waals surface area contributed by atoms with Crippen LogP contribution >= 0.6 is 0 Å². The number of nitrogens with one attached hydrogen (secondary N) is 1. The van der Waals surface area contributed by atoms with Crippen LogP contribution in [0.5, 0.6) is 5.75 Å². The van der Waals surface area contributed by atoms with Crippen LogP contribution in [0.4, 0.5) is 0 Å². The number of guanidine groups is 1. The average molecular weight is 346 g/mol. The highest BCUT2D eigenvalue weighted by Crippen LogP contribution is 2.20. The van der Waals surface area contributed by atoms with Crippen LogP contribution in [0.25, 0.3) is 0 Å². The van der Waals surface area contributed by atoms with Crippen molar-refractivity contribution in [3.63, 3.8) is 0 Å². The van der Waals surface area contributed by atoms with Crippen LogP contribution < -0.4 is 10.1 Å². The molecule has 138 valence electrons. The molecule has 0 aromatic heterocycles. The molecule has 2 aliphatic heterocycles. The monoisotopic (exact) mass is 346 g/mol. The van der Waals surface area contributed by atoms with Gasteiger partial charge < -0.3 is 19.7 Å². The first-order valence-electron chi connectivity index (χ1n) is 9.28. The Balaban J connectivity index is 1.64. The van der Waals surface area contributed by atoms with Gasteiger partial charge in [0.2, 0.25) is 0 Å². The van der Waals surface area contributed by atoms with E-state index in [1.807, 2.05) is 18.2 Å². The molecule has 6 nitrogen and oxygen atoms in total. The van der Waals surface area contributed by atoms with Crippen molar-refractivity contribution >= 4 is 5.96 Å². The van der Waals surface area contributed by atoms with Crippen molar-refractivity contribution in [3.8, 4) is 5.75 Å². The zero-order chi connectivity index (χ0) is 17.5. The van der Waals surface area contributed by atoms with Crippen molar-refractivity contribution in [3.05, 3.63) is 29.8 Å². The van der Waals surface area contributed by atoms with Gasteiger partial charge in [0.15, 0.2) is 5.96 Å². The normalized spacial score (nSPS) is 22.2. The van der Waals surface area contributed by atoms with E-state index >= 15 is 0 Å². The lowest BCUT2D eigenvalue weighted by molar-refractivity contribution is 0.0195. The zero-order valence-electron chi connectivity index (χ0n) is 15.4. The Bertz CT molecular complexity index is 572. The quantitative estimate of drug-likeness (QED) is 0.648. The first-order chi connectivity index (χ1) is 12.3. The molecule has 1 atom stereocenters. The maximum atomic E-state index is 5.48. The Hall–Kier alpha value is -1.79. The number of aliphatic imine (C=N–C) groups is 1. The lowest BCUT2D eigenvalue weighted by Crippen LogP contribution is -2.46. The first kappa shape index (κ1) is 18.0. The summed E-state index contributed by atoms with van der Waals surface area (Å²) < 4.78 is 10.9. The van der Waals surface area contributed by atoms with E-state index in [1.54, 1.807) is 7.11 Å². The van der Waals surface area contributed by atoms with Crippen molar-refractivity contribution in [2.75, 3.05) is 53.0 Å². The standard InChI is InChI=1S/C19H30N4O2/c1-3-20-19(21-14-16-6-4-5-7-18(16)24-2)23-9-8-17(15-23)22-10-12-25-13-11-22/h4-7,17H,3,8-15H2,1-2H3,(H,20,21). The van der Waals surface area contributed by atoms with E-state index in [0.29, 0.717) is 12.6 Å². The molecule has 3 rings (SSSR count). The van der Waals surface area contributed by atoms with Gasteiger partial charge >= 0.3 is 0 Å². The topological polar surface area (TPSA) is 49.3 Å². The zero-order valence-corrected chi connectivity index (χ0v) is 15.4. The number of benzene rings is 1. The van der Waals surface area contributed by atoms with Gasteiger partial charge in [-0.25, -0.2) is 4.99 Å². The van der Waals surface area contributed by atoms with Gasteiger partial charge in [0.25, 0.3) is 0 Å². The molecule has 0 spiro atoms. The highest BCUT2D eigenvalue weighted by Gasteiger charge is 2.30. The number of hydrogen-bond acceptors (Lipinski definition) is 4. The predicted molar refractivity (Wildman–Crippen MR) is 100 cm³/mol. The fraction of sp³-hybridized carbons (Fsp3) is 0.632. The Kier molecular flexibility index (Phi) is 6.53. The number of hydrogen-bond donors (Lipinski definition) is 1. The van der Waals surface area contributed by atoms with Crippen molar-refractivity contribution < 1.29 is 9.47 Å². The van der Waals surface area contributed by atoms with E-state index in [0.717, 1.165) is 63.2 Å². The van der Waals surface area contributed by atoms with Gasteiger partial charge in [-0.05, 0) is 19.4 Å². The second kappa shape index (κ2) is 9.06. The van der Waals surface area contributed by atoms with Gasteiger partial charge in [-0.3, -0.25) is 4.90 Å². The van der Waals surface area contributed by atoms with Crippen LogP contribution in [0, 0.1) is 0 Å². The van der Waals surface area contributed by atoms with Gasteiger partial charge in [-0.2, -0.15) is 0 Å². The molecule has 6 heteroatoms. The number of para-hydroxylation sites is 1. The summed E-state index contributed by atoms with van der Waals surface area (Å²) in [6.45, 7) is 9.54. The highest BCUT2D eigenvalue weighted by molar-refractivity contribution is 5.80. The number of ether oxygens (including phenoxy) is 2. The van der Waals surface area contributed by atoms with Gasteiger partial charge in [-0.15, -0.1) is 0 Å². The number of likely N-dealkylation sites (tertiary alicyclic amines) is 1. The van der Waals surface area contributed by atoms with Gasteiger partial charge in [0.1, 0.15) is 5.75 Å².